The molecule has 0 radical (unpaired) electrons. The van der Waals surface area contributed by atoms with Gasteiger partial charge in [-0.3, -0.25) is 4.72 Å². The lowest BCUT2D eigenvalue weighted by Crippen LogP contribution is -2.35. The minimum atomic E-state index is -4.05. The normalized spacial score (nSPS) is 16.9. The molecule has 0 unspecified atom stereocenters. The van der Waals surface area contributed by atoms with Crippen LogP contribution < -0.4 is 4.72 Å². The second-order valence-electron chi connectivity index (χ2n) is 4.93. The Morgan fingerprint density at radius 2 is 1.91 bits per heavy atom. The van der Waals surface area contributed by atoms with Crippen molar-refractivity contribution in [1.82, 2.24) is 4.31 Å². The van der Waals surface area contributed by atoms with Gasteiger partial charge in [0.15, 0.2) is 0 Å². The summed E-state index contributed by atoms with van der Waals surface area (Å²) in [6.07, 6.45) is 1.54. The molecule has 1 heterocycles. The summed E-state index contributed by atoms with van der Waals surface area (Å²) in [5.74, 6) is -1.82. The van der Waals surface area contributed by atoms with Crippen LogP contribution in [0.1, 0.15) is 13.3 Å². The Labute approximate surface area is 133 Å². The first-order valence-electron chi connectivity index (χ1n) is 6.80. The SMILES string of the molecule is CCS(=O)(=O)Nc1ccc(S(=O)(=O)N2CCC=C(F)C2)cc1F. The summed E-state index contributed by atoms with van der Waals surface area (Å²) in [7, 11) is -7.73. The number of rotatable bonds is 5. The molecule has 1 aliphatic rings. The molecule has 0 atom stereocenters. The van der Waals surface area contributed by atoms with Crippen LogP contribution in [-0.4, -0.2) is 40.0 Å². The quantitative estimate of drug-likeness (QED) is 0.862. The molecular formula is C13H16F2N2O4S2. The number of nitrogens with one attached hydrogen (secondary N) is 1. The summed E-state index contributed by atoms with van der Waals surface area (Å²) < 4.78 is 77.8. The standard InChI is InChI=1S/C13H16F2N2O4S2/c1-2-22(18,19)16-13-6-5-11(8-12(13)15)23(20,21)17-7-3-4-10(14)9-17/h4-6,8,16H,2-3,7,9H2,1H3. The number of benzene rings is 1. The number of halogens is 2. The summed E-state index contributed by atoms with van der Waals surface area (Å²) >= 11 is 0. The van der Waals surface area contributed by atoms with Crippen LogP contribution in [0.5, 0.6) is 0 Å². The fourth-order valence-electron chi connectivity index (χ4n) is 2.01. The third-order valence-electron chi connectivity index (χ3n) is 3.30. The van der Waals surface area contributed by atoms with Gasteiger partial charge in [0.1, 0.15) is 11.6 Å². The lowest BCUT2D eigenvalue weighted by atomic mass is 10.3. The number of sulfonamides is 2. The van der Waals surface area contributed by atoms with Crippen molar-refractivity contribution in [1.29, 1.82) is 0 Å². The molecule has 1 aromatic carbocycles. The Kier molecular flexibility index (Phi) is 5.07. The van der Waals surface area contributed by atoms with Crippen molar-refractivity contribution in [3.05, 3.63) is 35.9 Å². The van der Waals surface area contributed by atoms with Crippen LogP contribution in [0.25, 0.3) is 0 Å². The highest BCUT2D eigenvalue weighted by atomic mass is 32.2. The maximum Gasteiger partial charge on any atom is 0.243 e. The molecule has 0 spiro atoms. The first kappa shape index (κ1) is 17.8. The highest BCUT2D eigenvalue weighted by molar-refractivity contribution is 7.92. The zero-order chi connectivity index (χ0) is 17.3. The van der Waals surface area contributed by atoms with Crippen molar-refractivity contribution in [2.24, 2.45) is 0 Å². The molecule has 6 nitrogen and oxygen atoms in total. The van der Waals surface area contributed by atoms with E-state index in [4.69, 9.17) is 0 Å². The van der Waals surface area contributed by atoms with Crippen molar-refractivity contribution in [3.8, 4) is 0 Å². The molecule has 10 heteroatoms. The molecular weight excluding hydrogens is 350 g/mol. The van der Waals surface area contributed by atoms with Crippen LogP contribution in [0.2, 0.25) is 0 Å². The van der Waals surface area contributed by atoms with Crippen molar-refractivity contribution >= 4 is 25.7 Å². The minimum Gasteiger partial charge on any atom is -0.281 e. The van der Waals surface area contributed by atoms with Gasteiger partial charge in [-0.2, -0.15) is 4.31 Å². The van der Waals surface area contributed by atoms with E-state index in [1.165, 1.54) is 13.0 Å². The minimum absolute atomic E-state index is 0.0988. The van der Waals surface area contributed by atoms with Crippen LogP contribution in [0, 0.1) is 5.82 Å². The van der Waals surface area contributed by atoms with Gasteiger partial charge in [-0.25, -0.2) is 25.6 Å². The number of nitrogens with zero attached hydrogens (tertiary/aromatic N) is 1. The Morgan fingerprint density at radius 3 is 2.48 bits per heavy atom. The van der Waals surface area contributed by atoms with E-state index in [1.54, 1.807) is 0 Å². The van der Waals surface area contributed by atoms with Crippen LogP contribution in [0.3, 0.4) is 0 Å². The first-order chi connectivity index (χ1) is 10.7. The molecule has 0 aromatic heterocycles. The lowest BCUT2D eigenvalue weighted by Gasteiger charge is -2.24. The lowest BCUT2D eigenvalue weighted by molar-refractivity contribution is 0.388. The number of hydrogen-bond donors (Lipinski definition) is 1. The highest BCUT2D eigenvalue weighted by Gasteiger charge is 2.28. The maximum absolute atomic E-state index is 14.0. The van der Waals surface area contributed by atoms with E-state index >= 15 is 0 Å². The zero-order valence-electron chi connectivity index (χ0n) is 12.3. The Balaban J connectivity index is 2.31. The number of hydrogen-bond acceptors (Lipinski definition) is 4. The van der Waals surface area contributed by atoms with E-state index in [-0.39, 0.29) is 29.3 Å². The topological polar surface area (TPSA) is 83.5 Å². The van der Waals surface area contributed by atoms with E-state index in [9.17, 15) is 25.6 Å². The molecule has 0 saturated carbocycles. The monoisotopic (exact) mass is 366 g/mol. The third kappa shape index (κ3) is 4.06. The van der Waals surface area contributed by atoms with Crippen molar-refractivity contribution in [2.45, 2.75) is 18.2 Å². The molecule has 1 N–H and O–H groups in total. The van der Waals surface area contributed by atoms with Gasteiger partial charge in [0.25, 0.3) is 0 Å². The van der Waals surface area contributed by atoms with Gasteiger partial charge in [-0.05, 0) is 31.5 Å². The summed E-state index contributed by atoms with van der Waals surface area (Å²) in [6.45, 7) is 1.09. The Bertz CT molecular complexity index is 836. The van der Waals surface area contributed by atoms with Crippen LogP contribution in [0.15, 0.2) is 35.0 Å². The molecule has 1 aliphatic heterocycles. The van der Waals surface area contributed by atoms with Crippen LogP contribution >= 0.6 is 0 Å². The zero-order valence-corrected chi connectivity index (χ0v) is 13.9. The van der Waals surface area contributed by atoms with Gasteiger partial charge < -0.3 is 0 Å². The fourth-order valence-corrected chi connectivity index (χ4v) is 4.08. The summed E-state index contributed by atoms with van der Waals surface area (Å²) in [5, 5.41) is 0. The summed E-state index contributed by atoms with van der Waals surface area (Å²) in [5.41, 5.74) is -0.337. The number of anilines is 1. The molecule has 2 rings (SSSR count). The average molecular weight is 366 g/mol. The van der Waals surface area contributed by atoms with Gasteiger partial charge in [-0.15, -0.1) is 0 Å². The van der Waals surface area contributed by atoms with E-state index in [2.05, 4.69) is 0 Å². The highest BCUT2D eigenvalue weighted by Crippen LogP contribution is 2.25. The van der Waals surface area contributed by atoms with E-state index in [0.29, 0.717) is 0 Å². The van der Waals surface area contributed by atoms with Gasteiger partial charge in [-0.1, -0.05) is 6.08 Å². The van der Waals surface area contributed by atoms with Gasteiger partial charge in [0, 0.05) is 6.54 Å². The average Bonchev–Trinajstić information content (AvgIpc) is 2.49. The predicted molar refractivity (Wildman–Crippen MR) is 82.1 cm³/mol. The predicted octanol–water partition coefficient (Wildman–Crippen LogP) is 1.84. The fraction of sp³-hybridized carbons (Fsp3) is 0.385. The summed E-state index contributed by atoms with van der Waals surface area (Å²) in [6, 6.07) is 2.84. The second kappa shape index (κ2) is 6.54. The van der Waals surface area contributed by atoms with Crippen LogP contribution in [-0.2, 0) is 20.0 Å². The molecule has 128 valence electrons. The maximum atomic E-state index is 14.0. The first-order valence-corrected chi connectivity index (χ1v) is 9.89. The van der Waals surface area contributed by atoms with Gasteiger partial charge >= 0.3 is 0 Å². The molecule has 0 saturated heterocycles. The smallest absolute Gasteiger partial charge is 0.243 e. The van der Waals surface area contributed by atoms with Crippen molar-refractivity contribution in [2.75, 3.05) is 23.6 Å². The van der Waals surface area contributed by atoms with Crippen molar-refractivity contribution < 1.29 is 25.6 Å². The summed E-state index contributed by atoms with van der Waals surface area (Å²) in [4.78, 5) is -0.357. The van der Waals surface area contributed by atoms with Crippen molar-refractivity contribution in [3.63, 3.8) is 0 Å². The Morgan fingerprint density at radius 1 is 1.22 bits per heavy atom. The third-order valence-corrected chi connectivity index (χ3v) is 6.43. The van der Waals surface area contributed by atoms with Crippen LogP contribution in [0.4, 0.5) is 14.5 Å². The largest absolute Gasteiger partial charge is 0.281 e. The molecule has 0 amide bonds. The molecule has 23 heavy (non-hydrogen) atoms. The molecule has 1 aromatic rings. The van der Waals surface area contributed by atoms with E-state index in [0.717, 1.165) is 22.5 Å². The second-order valence-corrected chi connectivity index (χ2v) is 8.87. The molecule has 0 aliphatic carbocycles. The van der Waals surface area contributed by atoms with Gasteiger partial charge in [0.2, 0.25) is 20.0 Å². The Hall–Kier alpha value is -1.52. The molecule has 0 fully saturated rings. The molecule has 0 bridgehead atoms. The van der Waals surface area contributed by atoms with E-state index in [1.807, 2.05) is 4.72 Å². The van der Waals surface area contributed by atoms with Gasteiger partial charge in [0.05, 0.1) is 22.9 Å². The van der Waals surface area contributed by atoms with E-state index < -0.39 is 38.2 Å².